The van der Waals surface area contributed by atoms with Crippen molar-refractivity contribution < 1.29 is 4.79 Å². The van der Waals surface area contributed by atoms with Crippen molar-refractivity contribution in [2.75, 3.05) is 0 Å². The summed E-state index contributed by atoms with van der Waals surface area (Å²) in [5.41, 5.74) is 4.05. The lowest BCUT2D eigenvalue weighted by Crippen LogP contribution is -2.23. The second kappa shape index (κ2) is 4.71. The smallest absolute Gasteiger partial charge is 0.256 e. The Morgan fingerprint density at radius 3 is 2.58 bits per heavy atom. The van der Waals surface area contributed by atoms with Crippen molar-refractivity contribution in [1.82, 2.24) is 4.90 Å². The third-order valence-electron chi connectivity index (χ3n) is 3.46. The Hall–Kier alpha value is -1.80. The quantitative estimate of drug-likeness (QED) is 0.813. The standard InChI is InChI=1S/C16H14ClNO/c1-11-5-7-12(8-6-11)9-18-10-13-3-2-4-14(17)15(13)16(18)19/h2-8H,9-10H2,1H3. The van der Waals surface area contributed by atoms with E-state index in [1.54, 1.807) is 6.07 Å². The first-order valence-corrected chi connectivity index (χ1v) is 6.65. The summed E-state index contributed by atoms with van der Waals surface area (Å²) in [6.07, 6.45) is 0. The molecular formula is C16H14ClNO. The van der Waals surface area contributed by atoms with Crippen LogP contribution in [-0.2, 0) is 13.1 Å². The molecule has 0 atom stereocenters. The van der Waals surface area contributed by atoms with E-state index in [9.17, 15) is 4.79 Å². The molecule has 0 radical (unpaired) electrons. The van der Waals surface area contributed by atoms with Crippen LogP contribution in [0.2, 0.25) is 5.02 Å². The fraction of sp³-hybridized carbons (Fsp3) is 0.188. The van der Waals surface area contributed by atoms with Crippen molar-refractivity contribution in [1.29, 1.82) is 0 Å². The highest BCUT2D eigenvalue weighted by molar-refractivity contribution is 6.34. The van der Waals surface area contributed by atoms with Gasteiger partial charge in [0.1, 0.15) is 0 Å². The van der Waals surface area contributed by atoms with Crippen molar-refractivity contribution in [3.63, 3.8) is 0 Å². The van der Waals surface area contributed by atoms with Crippen LogP contribution in [0.15, 0.2) is 42.5 Å². The largest absolute Gasteiger partial charge is 0.330 e. The van der Waals surface area contributed by atoms with Gasteiger partial charge in [-0.3, -0.25) is 4.79 Å². The molecule has 0 N–H and O–H groups in total. The van der Waals surface area contributed by atoms with Gasteiger partial charge in [-0.2, -0.15) is 0 Å². The van der Waals surface area contributed by atoms with Gasteiger partial charge in [-0.05, 0) is 24.1 Å². The third kappa shape index (κ3) is 2.24. The minimum Gasteiger partial charge on any atom is -0.330 e. The number of rotatable bonds is 2. The normalized spacial score (nSPS) is 13.8. The molecular weight excluding hydrogens is 258 g/mol. The van der Waals surface area contributed by atoms with E-state index in [2.05, 4.69) is 31.2 Å². The van der Waals surface area contributed by atoms with Gasteiger partial charge in [0.15, 0.2) is 0 Å². The second-order valence-corrected chi connectivity index (χ2v) is 5.33. The summed E-state index contributed by atoms with van der Waals surface area (Å²) in [6, 6.07) is 13.9. The Morgan fingerprint density at radius 1 is 1.16 bits per heavy atom. The second-order valence-electron chi connectivity index (χ2n) is 4.92. The average molecular weight is 272 g/mol. The van der Waals surface area contributed by atoms with Crippen LogP contribution < -0.4 is 0 Å². The molecule has 1 amide bonds. The zero-order chi connectivity index (χ0) is 13.4. The zero-order valence-electron chi connectivity index (χ0n) is 10.7. The predicted octanol–water partition coefficient (Wildman–Crippen LogP) is 3.80. The van der Waals surface area contributed by atoms with Crippen LogP contribution in [-0.4, -0.2) is 10.8 Å². The van der Waals surface area contributed by atoms with E-state index in [0.717, 1.165) is 11.1 Å². The highest BCUT2D eigenvalue weighted by Gasteiger charge is 2.29. The number of nitrogens with zero attached hydrogens (tertiary/aromatic N) is 1. The molecule has 0 fully saturated rings. The molecule has 0 saturated carbocycles. The summed E-state index contributed by atoms with van der Waals surface area (Å²) >= 11 is 6.11. The minimum atomic E-state index is 0.0289. The first kappa shape index (κ1) is 12.2. The van der Waals surface area contributed by atoms with Crippen molar-refractivity contribution in [2.24, 2.45) is 0 Å². The van der Waals surface area contributed by atoms with Gasteiger partial charge in [-0.15, -0.1) is 0 Å². The molecule has 96 valence electrons. The van der Waals surface area contributed by atoms with E-state index >= 15 is 0 Å². The number of hydrogen-bond donors (Lipinski definition) is 0. The van der Waals surface area contributed by atoms with Crippen molar-refractivity contribution >= 4 is 17.5 Å². The molecule has 0 bridgehead atoms. The van der Waals surface area contributed by atoms with Crippen molar-refractivity contribution in [3.8, 4) is 0 Å². The lowest BCUT2D eigenvalue weighted by molar-refractivity contribution is 0.0767. The molecule has 2 aromatic carbocycles. The van der Waals surface area contributed by atoms with E-state index in [0.29, 0.717) is 23.7 Å². The summed E-state index contributed by atoms with van der Waals surface area (Å²) in [5.74, 6) is 0.0289. The molecule has 0 spiro atoms. The molecule has 2 aromatic rings. The lowest BCUT2D eigenvalue weighted by Gasteiger charge is -2.15. The first-order valence-electron chi connectivity index (χ1n) is 6.27. The van der Waals surface area contributed by atoms with Gasteiger partial charge in [0.25, 0.3) is 5.91 Å². The number of amides is 1. The topological polar surface area (TPSA) is 20.3 Å². The summed E-state index contributed by atoms with van der Waals surface area (Å²) in [4.78, 5) is 14.2. The Balaban J connectivity index is 1.84. The van der Waals surface area contributed by atoms with Crippen LogP contribution in [0.5, 0.6) is 0 Å². The van der Waals surface area contributed by atoms with E-state index < -0.39 is 0 Å². The molecule has 0 aromatic heterocycles. The van der Waals surface area contributed by atoms with Crippen LogP contribution in [0, 0.1) is 6.92 Å². The Morgan fingerprint density at radius 2 is 1.89 bits per heavy atom. The van der Waals surface area contributed by atoms with Gasteiger partial charge >= 0.3 is 0 Å². The molecule has 3 rings (SSSR count). The molecule has 1 aliphatic heterocycles. The fourth-order valence-electron chi connectivity index (χ4n) is 2.42. The number of carbonyl (C=O) groups excluding carboxylic acids is 1. The first-order chi connectivity index (χ1) is 9.15. The number of aryl methyl sites for hydroxylation is 1. The van der Waals surface area contributed by atoms with Gasteiger partial charge in [0.05, 0.1) is 10.6 Å². The van der Waals surface area contributed by atoms with E-state index in [1.165, 1.54) is 5.56 Å². The maximum atomic E-state index is 12.3. The number of halogens is 1. The van der Waals surface area contributed by atoms with E-state index in [1.807, 2.05) is 17.0 Å². The van der Waals surface area contributed by atoms with Crippen LogP contribution in [0.1, 0.15) is 27.0 Å². The summed E-state index contributed by atoms with van der Waals surface area (Å²) in [7, 11) is 0. The SMILES string of the molecule is Cc1ccc(CN2Cc3cccc(Cl)c3C2=O)cc1. The van der Waals surface area contributed by atoms with Crippen LogP contribution in [0.25, 0.3) is 0 Å². The van der Waals surface area contributed by atoms with Gasteiger partial charge in [-0.25, -0.2) is 0 Å². The predicted molar refractivity (Wildman–Crippen MR) is 76.2 cm³/mol. The Kier molecular flexibility index (Phi) is 3.03. The van der Waals surface area contributed by atoms with Gasteiger partial charge < -0.3 is 4.90 Å². The molecule has 0 unspecified atom stereocenters. The van der Waals surface area contributed by atoms with Crippen LogP contribution >= 0.6 is 11.6 Å². The zero-order valence-corrected chi connectivity index (χ0v) is 11.4. The van der Waals surface area contributed by atoms with Crippen molar-refractivity contribution in [2.45, 2.75) is 20.0 Å². The minimum absolute atomic E-state index is 0.0289. The van der Waals surface area contributed by atoms with E-state index in [-0.39, 0.29) is 5.91 Å². The average Bonchev–Trinajstić information content (AvgIpc) is 2.71. The third-order valence-corrected chi connectivity index (χ3v) is 3.77. The highest BCUT2D eigenvalue weighted by atomic mass is 35.5. The monoisotopic (exact) mass is 271 g/mol. The van der Waals surface area contributed by atoms with Gasteiger partial charge in [0.2, 0.25) is 0 Å². The summed E-state index contributed by atoms with van der Waals surface area (Å²) in [5, 5.41) is 0.550. The molecule has 2 nitrogen and oxygen atoms in total. The van der Waals surface area contributed by atoms with Crippen LogP contribution in [0.4, 0.5) is 0 Å². The number of carbonyl (C=O) groups is 1. The molecule has 19 heavy (non-hydrogen) atoms. The molecule has 0 saturated heterocycles. The lowest BCUT2D eigenvalue weighted by atomic mass is 10.1. The summed E-state index contributed by atoms with van der Waals surface area (Å²) in [6.45, 7) is 3.33. The number of fused-ring (bicyclic) bond motifs is 1. The summed E-state index contributed by atoms with van der Waals surface area (Å²) < 4.78 is 0. The highest BCUT2D eigenvalue weighted by Crippen LogP contribution is 2.29. The number of benzene rings is 2. The van der Waals surface area contributed by atoms with Crippen LogP contribution in [0.3, 0.4) is 0 Å². The Bertz CT molecular complexity index is 634. The number of hydrogen-bond acceptors (Lipinski definition) is 1. The van der Waals surface area contributed by atoms with Gasteiger partial charge in [0, 0.05) is 13.1 Å². The van der Waals surface area contributed by atoms with Gasteiger partial charge in [-0.1, -0.05) is 53.6 Å². The van der Waals surface area contributed by atoms with Crippen molar-refractivity contribution in [3.05, 3.63) is 69.7 Å². The molecule has 0 aliphatic carbocycles. The molecule has 1 heterocycles. The molecule has 1 aliphatic rings. The molecule has 3 heteroatoms. The maximum absolute atomic E-state index is 12.3. The maximum Gasteiger partial charge on any atom is 0.256 e. The Labute approximate surface area is 117 Å². The fourth-order valence-corrected chi connectivity index (χ4v) is 2.69. The van der Waals surface area contributed by atoms with E-state index in [4.69, 9.17) is 11.6 Å².